The van der Waals surface area contributed by atoms with Crippen molar-refractivity contribution >= 4 is 0 Å². The Morgan fingerprint density at radius 2 is 1.78 bits per heavy atom. The van der Waals surface area contributed by atoms with Crippen LogP contribution in [0.25, 0.3) is 0 Å². The van der Waals surface area contributed by atoms with Crippen molar-refractivity contribution < 1.29 is 0 Å². The minimum atomic E-state index is 0.385. The van der Waals surface area contributed by atoms with E-state index in [-0.39, 0.29) is 0 Å². The third-order valence-electron chi connectivity index (χ3n) is 4.62. The molecule has 106 valence electrons. The van der Waals surface area contributed by atoms with Crippen molar-refractivity contribution in [2.24, 2.45) is 17.3 Å². The topological polar surface area (TPSA) is 15.3 Å². The smallest absolute Gasteiger partial charge is 0.00700 e. The van der Waals surface area contributed by atoms with E-state index in [0.29, 0.717) is 5.41 Å². The largest absolute Gasteiger partial charge is 0.313 e. The number of nitrogens with one attached hydrogen (secondary N) is 1. The maximum absolute atomic E-state index is 3.85. The van der Waals surface area contributed by atoms with Crippen LogP contribution in [0.4, 0.5) is 0 Å². The SMILES string of the molecule is CN(C)CC(C)(C)CNC1CCCC(C2CC2)C1. The lowest BCUT2D eigenvalue weighted by Gasteiger charge is -2.34. The van der Waals surface area contributed by atoms with Crippen LogP contribution in [0.3, 0.4) is 0 Å². The van der Waals surface area contributed by atoms with Crippen LogP contribution in [0, 0.1) is 17.3 Å². The molecule has 0 radical (unpaired) electrons. The maximum Gasteiger partial charge on any atom is 0.00700 e. The molecule has 0 saturated heterocycles. The lowest BCUT2D eigenvalue weighted by atomic mass is 9.82. The van der Waals surface area contributed by atoms with Gasteiger partial charge in [0.25, 0.3) is 0 Å². The monoisotopic (exact) mass is 252 g/mol. The molecule has 2 rings (SSSR count). The maximum atomic E-state index is 3.85. The molecule has 2 fully saturated rings. The summed E-state index contributed by atoms with van der Waals surface area (Å²) >= 11 is 0. The minimum absolute atomic E-state index is 0.385. The van der Waals surface area contributed by atoms with Gasteiger partial charge in [-0.25, -0.2) is 0 Å². The molecule has 2 saturated carbocycles. The van der Waals surface area contributed by atoms with Crippen molar-refractivity contribution in [2.45, 2.75) is 58.4 Å². The van der Waals surface area contributed by atoms with Gasteiger partial charge in [0, 0.05) is 19.1 Å². The fraction of sp³-hybridized carbons (Fsp3) is 1.00. The highest BCUT2D eigenvalue weighted by Gasteiger charge is 2.34. The molecule has 2 aliphatic rings. The summed E-state index contributed by atoms with van der Waals surface area (Å²) in [5.41, 5.74) is 0.385. The van der Waals surface area contributed by atoms with E-state index in [4.69, 9.17) is 0 Å². The first-order valence-corrected chi connectivity index (χ1v) is 7.84. The Bertz CT molecular complexity index is 256. The van der Waals surface area contributed by atoms with Crippen LogP contribution in [0.1, 0.15) is 52.4 Å². The predicted molar refractivity (Wildman–Crippen MR) is 78.8 cm³/mol. The van der Waals surface area contributed by atoms with Crippen LogP contribution in [-0.2, 0) is 0 Å². The van der Waals surface area contributed by atoms with Crippen molar-refractivity contribution in [1.29, 1.82) is 0 Å². The molecule has 0 aromatic heterocycles. The van der Waals surface area contributed by atoms with Crippen molar-refractivity contribution in [1.82, 2.24) is 10.2 Å². The van der Waals surface area contributed by atoms with Gasteiger partial charge in [-0.1, -0.05) is 26.7 Å². The van der Waals surface area contributed by atoms with Crippen LogP contribution in [0.5, 0.6) is 0 Å². The summed E-state index contributed by atoms with van der Waals surface area (Å²) in [6.45, 7) is 7.08. The molecule has 0 aromatic carbocycles. The second-order valence-electron chi connectivity index (χ2n) is 7.74. The number of nitrogens with zero attached hydrogens (tertiary/aromatic N) is 1. The zero-order chi connectivity index (χ0) is 13.2. The lowest BCUT2D eigenvalue weighted by Crippen LogP contribution is -2.43. The van der Waals surface area contributed by atoms with Gasteiger partial charge in [0.05, 0.1) is 0 Å². The number of rotatable bonds is 6. The molecular weight excluding hydrogens is 220 g/mol. The highest BCUT2D eigenvalue weighted by molar-refractivity contribution is 4.88. The summed E-state index contributed by atoms with van der Waals surface area (Å²) in [4.78, 5) is 2.30. The normalized spacial score (nSPS) is 29.8. The molecule has 18 heavy (non-hydrogen) atoms. The summed E-state index contributed by atoms with van der Waals surface area (Å²) in [7, 11) is 4.34. The van der Waals surface area contributed by atoms with Gasteiger partial charge in [-0.05, 0) is 57.0 Å². The quantitative estimate of drug-likeness (QED) is 0.781. The van der Waals surface area contributed by atoms with Gasteiger partial charge in [-0.2, -0.15) is 0 Å². The van der Waals surface area contributed by atoms with Crippen molar-refractivity contribution in [3.63, 3.8) is 0 Å². The molecular formula is C16H32N2. The molecule has 0 heterocycles. The second-order valence-corrected chi connectivity index (χ2v) is 7.74. The molecule has 2 heteroatoms. The predicted octanol–water partition coefficient (Wildman–Crippen LogP) is 3.13. The van der Waals surface area contributed by atoms with Crippen molar-refractivity contribution in [3.8, 4) is 0 Å². The molecule has 2 aliphatic carbocycles. The molecule has 2 atom stereocenters. The van der Waals surface area contributed by atoms with E-state index in [9.17, 15) is 0 Å². The lowest BCUT2D eigenvalue weighted by molar-refractivity contribution is 0.200. The van der Waals surface area contributed by atoms with Gasteiger partial charge in [0.2, 0.25) is 0 Å². The molecule has 0 bridgehead atoms. The molecule has 0 aromatic rings. The van der Waals surface area contributed by atoms with E-state index in [0.717, 1.165) is 24.4 Å². The van der Waals surface area contributed by atoms with Crippen molar-refractivity contribution in [2.75, 3.05) is 27.2 Å². The van der Waals surface area contributed by atoms with E-state index in [2.05, 4.69) is 38.2 Å². The molecule has 0 amide bonds. The molecule has 0 spiro atoms. The summed E-state index contributed by atoms with van der Waals surface area (Å²) < 4.78 is 0. The van der Waals surface area contributed by atoms with Gasteiger partial charge in [-0.15, -0.1) is 0 Å². The van der Waals surface area contributed by atoms with E-state index in [1.165, 1.54) is 45.1 Å². The third-order valence-corrected chi connectivity index (χ3v) is 4.62. The Balaban J connectivity index is 1.71. The van der Waals surface area contributed by atoms with Crippen LogP contribution >= 0.6 is 0 Å². The summed E-state index contributed by atoms with van der Waals surface area (Å²) in [6, 6.07) is 0.797. The standard InChI is InChI=1S/C16H32N2/c1-16(2,12-18(3)4)11-17-15-7-5-6-14(10-15)13-8-9-13/h13-15,17H,5-12H2,1-4H3. The van der Waals surface area contributed by atoms with Gasteiger partial charge < -0.3 is 10.2 Å². The molecule has 0 aliphatic heterocycles. The number of hydrogen-bond acceptors (Lipinski definition) is 2. The average molecular weight is 252 g/mol. The summed E-state index contributed by atoms with van der Waals surface area (Å²) in [6.07, 6.45) is 8.84. The van der Waals surface area contributed by atoms with E-state index in [1.54, 1.807) is 0 Å². The van der Waals surface area contributed by atoms with Gasteiger partial charge in [-0.3, -0.25) is 0 Å². The van der Waals surface area contributed by atoms with Gasteiger partial charge in [0.15, 0.2) is 0 Å². The number of hydrogen-bond donors (Lipinski definition) is 1. The first-order chi connectivity index (χ1) is 8.46. The Morgan fingerprint density at radius 3 is 2.39 bits per heavy atom. The van der Waals surface area contributed by atoms with Crippen LogP contribution in [-0.4, -0.2) is 38.1 Å². The Labute approximate surface area is 114 Å². The molecule has 1 N–H and O–H groups in total. The Kier molecular flexibility index (Phi) is 4.71. The average Bonchev–Trinajstić information content (AvgIpc) is 3.09. The Hall–Kier alpha value is -0.0800. The molecule has 2 unspecified atom stereocenters. The first-order valence-electron chi connectivity index (χ1n) is 7.84. The van der Waals surface area contributed by atoms with E-state index >= 15 is 0 Å². The first kappa shape index (κ1) is 14.3. The zero-order valence-electron chi connectivity index (χ0n) is 12.8. The Morgan fingerprint density at radius 1 is 1.06 bits per heavy atom. The van der Waals surface area contributed by atoms with E-state index in [1.807, 2.05) is 0 Å². The van der Waals surface area contributed by atoms with Crippen LogP contribution < -0.4 is 5.32 Å². The fourth-order valence-electron chi connectivity index (χ4n) is 3.74. The zero-order valence-corrected chi connectivity index (χ0v) is 12.8. The van der Waals surface area contributed by atoms with Crippen LogP contribution in [0.15, 0.2) is 0 Å². The second kappa shape index (κ2) is 5.92. The van der Waals surface area contributed by atoms with Gasteiger partial charge in [0.1, 0.15) is 0 Å². The fourth-order valence-corrected chi connectivity index (χ4v) is 3.74. The van der Waals surface area contributed by atoms with Crippen molar-refractivity contribution in [3.05, 3.63) is 0 Å². The highest BCUT2D eigenvalue weighted by atomic mass is 15.1. The highest BCUT2D eigenvalue weighted by Crippen LogP contribution is 2.43. The third kappa shape index (κ3) is 4.55. The summed E-state index contributed by atoms with van der Waals surface area (Å²) in [5, 5.41) is 3.85. The van der Waals surface area contributed by atoms with Gasteiger partial charge >= 0.3 is 0 Å². The van der Waals surface area contributed by atoms with Crippen LogP contribution in [0.2, 0.25) is 0 Å². The molecule has 2 nitrogen and oxygen atoms in total. The summed E-state index contributed by atoms with van der Waals surface area (Å²) in [5.74, 6) is 2.15. The van der Waals surface area contributed by atoms with E-state index < -0.39 is 0 Å². The minimum Gasteiger partial charge on any atom is -0.313 e.